The number of rotatable bonds is 6. The lowest BCUT2D eigenvalue weighted by Crippen LogP contribution is -2.48. The van der Waals surface area contributed by atoms with Crippen molar-refractivity contribution in [2.24, 2.45) is 0 Å². The summed E-state index contributed by atoms with van der Waals surface area (Å²) < 4.78 is 40.0. The summed E-state index contributed by atoms with van der Waals surface area (Å²) in [5.74, 6) is 0.222. The number of nitrogens with zero attached hydrogens (tertiary/aromatic N) is 2. The van der Waals surface area contributed by atoms with E-state index in [-0.39, 0.29) is 41.1 Å². The molecule has 1 unspecified atom stereocenters. The van der Waals surface area contributed by atoms with Gasteiger partial charge in [0, 0.05) is 6.92 Å². The lowest BCUT2D eigenvalue weighted by atomic mass is 10.1. The van der Waals surface area contributed by atoms with E-state index in [1.165, 1.54) is 23.5 Å². The first kappa shape index (κ1) is 24.8. The molecule has 2 amide bonds. The van der Waals surface area contributed by atoms with E-state index >= 15 is 0 Å². The van der Waals surface area contributed by atoms with E-state index in [9.17, 15) is 18.0 Å². The highest BCUT2D eigenvalue weighted by molar-refractivity contribution is 7.92. The van der Waals surface area contributed by atoms with Gasteiger partial charge < -0.3 is 14.8 Å². The van der Waals surface area contributed by atoms with Crippen LogP contribution in [0.25, 0.3) is 0 Å². The van der Waals surface area contributed by atoms with Crippen molar-refractivity contribution < 1.29 is 27.5 Å². The zero-order chi connectivity index (χ0) is 25.4. The normalized spacial score (nSPS) is 17.7. The Balaban J connectivity index is 1.68. The fourth-order valence-corrected chi connectivity index (χ4v) is 5.28. The van der Waals surface area contributed by atoms with Gasteiger partial charge in [-0.05, 0) is 63.3 Å². The minimum Gasteiger partial charge on any atom is -0.469 e. The number of aromatic nitrogens is 1. The third-order valence-corrected chi connectivity index (χ3v) is 7.24. The van der Waals surface area contributed by atoms with Crippen molar-refractivity contribution in [1.82, 2.24) is 10.3 Å². The molecule has 0 spiro atoms. The van der Waals surface area contributed by atoms with E-state index in [0.29, 0.717) is 5.92 Å². The van der Waals surface area contributed by atoms with Crippen molar-refractivity contribution in [3.05, 3.63) is 42.1 Å². The Hall–Kier alpha value is -3.34. The molecule has 10 nitrogen and oxygen atoms in total. The fraction of sp³-hybridized carbons (Fsp3) is 0.458. The smallest absolute Gasteiger partial charge is 0.412 e. The lowest BCUT2D eigenvalue weighted by molar-refractivity contribution is -0.119. The van der Waals surface area contributed by atoms with Gasteiger partial charge in [0.2, 0.25) is 11.8 Å². The van der Waals surface area contributed by atoms with Crippen molar-refractivity contribution >= 4 is 33.4 Å². The second kappa shape index (κ2) is 9.37. The highest BCUT2D eigenvalue weighted by Crippen LogP contribution is 2.42. The zero-order valence-corrected chi connectivity index (χ0v) is 21.0. The third kappa shape index (κ3) is 6.02. The van der Waals surface area contributed by atoms with Gasteiger partial charge >= 0.3 is 6.09 Å². The first-order chi connectivity index (χ1) is 16.4. The van der Waals surface area contributed by atoms with Crippen LogP contribution in [0.3, 0.4) is 0 Å². The Morgan fingerprint density at radius 2 is 1.97 bits per heavy atom. The van der Waals surface area contributed by atoms with Gasteiger partial charge in [-0.3, -0.25) is 14.4 Å². The van der Waals surface area contributed by atoms with Crippen LogP contribution in [0.15, 0.2) is 41.4 Å². The molecule has 1 atom stereocenters. The molecule has 35 heavy (non-hydrogen) atoms. The molecule has 1 fully saturated rings. The predicted octanol–water partition coefficient (Wildman–Crippen LogP) is 3.40. The molecule has 1 aliphatic carbocycles. The third-order valence-electron chi connectivity index (χ3n) is 5.47. The van der Waals surface area contributed by atoms with E-state index in [4.69, 9.17) is 9.47 Å². The number of nitrogens with one attached hydrogen (secondary N) is 2. The molecule has 2 aliphatic rings. The molecule has 4 rings (SSSR count). The van der Waals surface area contributed by atoms with E-state index in [0.717, 1.165) is 18.4 Å². The number of fused-ring (bicyclic) bond motifs is 1. The molecule has 11 heteroatoms. The first-order valence-electron chi connectivity index (χ1n) is 11.5. The van der Waals surface area contributed by atoms with Crippen LogP contribution in [-0.4, -0.2) is 50.2 Å². The molecule has 0 bridgehead atoms. The number of ether oxygens (including phenoxy) is 2. The number of amides is 2. The van der Waals surface area contributed by atoms with Crippen LogP contribution in [-0.2, 0) is 19.6 Å². The standard InChI is InChI=1S/C24H30N4O6S/c1-15(29)25-13-19-14-28(35(31,32)20-7-5-6-17(10-20)16-8-9-16)21-11-18(12-26-22(21)33-19)27-23(30)34-24(2,3)4/h5-7,10-12,16,19H,8-9,13-14H2,1-4H3,(H,25,29)(H,27,30). The number of sulfonamides is 1. The predicted molar refractivity (Wildman–Crippen MR) is 130 cm³/mol. The number of carbonyl (C=O) groups excluding carboxylic acids is 2. The summed E-state index contributed by atoms with van der Waals surface area (Å²) in [4.78, 5) is 28.1. The van der Waals surface area contributed by atoms with Gasteiger partial charge in [0.1, 0.15) is 17.4 Å². The molecule has 2 N–H and O–H groups in total. The summed E-state index contributed by atoms with van der Waals surface area (Å²) in [5.41, 5.74) is 0.740. The van der Waals surface area contributed by atoms with Crippen molar-refractivity contribution in [3.8, 4) is 5.88 Å². The molecule has 1 aromatic carbocycles. The molecular weight excluding hydrogens is 472 g/mol. The van der Waals surface area contributed by atoms with Crippen LogP contribution in [0.1, 0.15) is 52.0 Å². The van der Waals surface area contributed by atoms with Crippen molar-refractivity contribution in [2.75, 3.05) is 22.7 Å². The Labute approximate surface area is 205 Å². The van der Waals surface area contributed by atoms with Gasteiger partial charge in [-0.25, -0.2) is 18.2 Å². The van der Waals surface area contributed by atoms with E-state index < -0.39 is 27.8 Å². The van der Waals surface area contributed by atoms with Crippen LogP contribution in [0.2, 0.25) is 0 Å². The molecule has 1 saturated carbocycles. The Morgan fingerprint density at radius 1 is 1.23 bits per heavy atom. The molecule has 1 aromatic heterocycles. The zero-order valence-electron chi connectivity index (χ0n) is 20.2. The van der Waals surface area contributed by atoms with Gasteiger partial charge in [-0.1, -0.05) is 12.1 Å². The Kier molecular flexibility index (Phi) is 6.63. The summed E-state index contributed by atoms with van der Waals surface area (Å²) in [6.07, 6.45) is 2.12. The largest absolute Gasteiger partial charge is 0.469 e. The summed E-state index contributed by atoms with van der Waals surface area (Å²) in [7, 11) is -3.99. The van der Waals surface area contributed by atoms with Gasteiger partial charge in [-0.15, -0.1) is 0 Å². The Bertz CT molecular complexity index is 1240. The monoisotopic (exact) mass is 502 g/mol. The van der Waals surface area contributed by atoms with Crippen LogP contribution < -0.4 is 19.7 Å². The first-order valence-corrected chi connectivity index (χ1v) is 12.9. The average molecular weight is 503 g/mol. The Morgan fingerprint density at radius 3 is 2.63 bits per heavy atom. The summed E-state index contributed by atoms with van der Waals surface area (Å²) in [6, 6.07) is 8.45. The van der Waals surface area contributed by atoms with Crippen LogP contribution in [0, 0.1) is 0 Å². The van der Waals surface area contributed by atoms with Gasteiger partial charge in [0.05, 0.1) is 29.9 Å². The maximum Gasteiger partial charge on any atom is 0.412 e. The highest BCUT2D eigenvalue weighted by atomic mass is 32.2. The SMILES string of the molecule is CC(=O)NCC1CN(S(=O)(=O)c2cccc(C3CC3)c2)c2cc(NC(=O)OC(C)(C)C)cnc2O1. The van der Waals surface area contributed by atoms with Crippen molar-refractivity contribution in [1.29, 1.82) is 0 Å². The minimum absolute atomic E-state index is 0.0408. The maximum atomic E-state index is 13.8. The second-order valence-corrected chi connectivity index (χ2v) is 11.6. The molecule has 0 radical (unpaired) electrons. The maximum absolute atomic E-state index is 13.8. The van der Waals surface area contributed by atoms with Gasteiger partial charge in [0.25, 0.3) is 10.0 Å². The fourth-order valence-electron chi connectivity index (χ4n) is 3.74. The topological polar surface area (TPSA) is 127 Å². The summed E-state index contributed by atoms with van der Waals surface area (Å²) in [6.45, 7) is 6.67. The van der Waals surface area contributed by atoms with Crippen LogP contribution >= 0.6 is 0 Å². The number of hydrogen-bond donors (Lipinski definition) is 2. The van der Waals surface area contributed by atoms with Crippen LogP contribution in [0.4, 0.5) is 16.2 Å². The molecule has 0 saturated heterocycles. The van der Waals surface area contributed by atoms with Crippen molar-refractivity contribution in [2.45, 2.75) is 63.1 Å². The lowest BCUT2D eigenvalue weighted by Gasteiger charge is -2.35. The van der Waals surface area contributed by atoms with Gasteiger partial charge in [-0.2, -0.15) is 0 Å². The molecule has 2 heterocycles. The van der Waals surface area contributed by atoms with Gasteiger partial charge in [0.15, 0.2) is 0 Å². The quantitative estimate of drug-likeness (QED) is 0.620. The molecule has 2 aromatic rings. The molecule has 1 aliphatic heterocycles. The number of pyridine rings is 1. The number of benzene rings is 1. The second-order valence-electron chi connectivity index (χ2n) is 9.74. The minimum atomic E-state index is -3.99. The summed E-state index contributed by atoms with van der Waals surface area (Å²) in [5, 5.41) is 5.25. The number of carbonyl (C=O) groups is 2. The number of hydrogen-bond acceptors (Lipinski definition) is 7. The van der Waals surface area contributed by atoms with E-state index in [1.807, 2.05) is 6.07 Å². The van der Waals surface area contributed by atoms with E-state index in [1.54, 1.807) is 39.0 Å². The molecule has 188 valence electrons. The summed E-state index contributed by atoms with van der Waals surface area (Å²) >= 11 is 0. The average Bonchev–Trinajstić information content (AvgIpc) is 3.61. The van der Waals surface area contributed by atoms with Crippen LogP contribution in [0.5, 0.6) is 5.88 Å². The number of anilines is 2. The molecular formula is C24H30N4O6S. The highest BCUT2D eigenvalue weighted by Gasteiger charge is 2.36. The van der Waals surface area contributed by atoms with E-state index in [2.05, 4.69) is 15.6 Å². The van der Waals surface area contributed by atoms with Crippen molar-refractivity contribution in [3.63, 3.8) is 0 Å².